The van der Waals surface area contributed by atoms with Crippen molar-refractivity contribution in [2.45, 2.75) is 17.9 Å². The molecule has 5 heteroatoms. The summed E-state index contributed by atoms with van der Waals surface area (Å²) in [5.41, 5.74) is 2.01. The minimum absolute atomic E-state index is 0.0722. The predicted octanol–water partition coefficient (Wildman–Crippen LogP) is 2.35. The van der Waals surface area contributed by atoms with E-state index in [0.29, 0.717) is 0 Å². The van der Waals surface area contributed by atoms with Crippen LogP contribution < -0.4 is 0 Å². The van der Waals surface area contributed by atoms with E-state index in [0.717, 1.165) is 15.4 Å². The van der Waals surface area contributed by atoms with Crippen molar-refractivity contribution < 1.29 is 13.5 Å². The summed E-state index contributed by atoms with van der Waals surface area (Å²) in [5.74, 6) is 0. The number of hydrogen-bond donors (Lipinski definition) is 1. The number of likely N-dealkylation sites (N-methyl/N-ethyl adjacent to an activating group) is 1. The Morgan fingerprint density at radius 1 is 1.00 bits per heavy atom. The van der Waals surface area contributed by atoms with Gasteiger partial charge in [-0.05, 0) is 30.2 Å². The van der Waals surface area contributed by atoms with Gasteiger partial charge in [0.2, 0.25) is 10.0 Å². The first kappa shape index (κ1) is 15.7. The predicted molar refractivity (Wildman–Crippen MR) is 83.4 cm³/mol. The van der Waals surface area contributed by atoms with Crippen LogP contribution >= 0.6 is 0 Å². The lowest BCUT2D eigenvalue weighted by Gasteiger charge is -2.18. The van der Waals surface area contributed by atoms with E-state index in [1.54, 1.807) is 31.2 Å². The molecule has 2 rings (SSSR count). The monoisotopic (exact) mass is 305 g/mol. The third-order valence-electron chi connectivity index (χ3n) is 3.19. The van der Waals surface area contributed by atoms with Gasteiger partial charge in [0.15, 0.2) is 0 Å². The summed E-state index contributed by atoms with van der Waals surface area (Å²) in [7, 11) is -2.09. The molecule has 0 amide bonds. The molecular formula is C16H19NO3S. The van der Waals surface area contributed by atoms with Gasteiger partial charge in [-0.1, -0.05) is 42.5 Å². The largest absolute Gasteiger partial charge is 0.392 e. The van der Waals surface area contributed by atoms with Crippen LogP contribution in [-0.4, -0.2) is 37.5 Å². The van der Waals surface area contributed by atoms with E-state index in [1.807, 2.05) is 30.3 Å². The number of rotatable bonds is 5. The molecule has 112 valence electrons. The van der Waals surface area contributed by atoms with E-state index in [1.165, 1.54) is 7.05 Å². The molecule has 0 aliphatic rings. The Balaban J connectivity index is 2.27. The van der Waals surface area contributed by atoms with Crippen LogP contribution in [-0.2, 0) is 10.0 Å². The normalized spacial score (nSPS) is 13.3. The van der Waals surface area contributed by atoms with E-state index >= 15 is 0 Å². The molecule has 4 nitrogen and oxygen atoms in total. The Bertz CT molecular complexity index is 679. The van der Waals surface area contributed by atoms with Crippen LogP contribution in [0.4, 0.5) is 0 Å². The van der Waals surface area contributed by atoms with Crippen molar-refractivity contribution >= 4 is 10.0 Å². The second-order valence-electron chi connectivity index (χ2n) is 5.02. The van der Waals surface area contributed by atoms with Crippen LogP contribution in [0, 0.1) is 0 Å². The Morgan fingerprint density at radius 2 is 1.52 bits per heavy atom. The molecule has 0 aliphatic heterocycles. The van der Waals surface area contributed by atoms with Crippen LogP contribution in [0.3, 0.4) is 0 Å². The van der Waals surface area contributed by atoms with Crippen molar-refractivity contribution in [2.75, 3.05) is 13.6 Å². The molecule has 1 atom stereocenters. The highest BCUT2D eigenvalue weighted by atomic mass is 32.2. The van der Waals surface area contributed by atoms with Gasteiger partial charge in [-0.15, -0.1) is 0 Å². The lowest BCUT2D eigenvalue weighted by molar-refractivity contribution is 0.171. The van der Waals surface area contributed by atoms with Gasteiger partial charge in [0.05, 0.1) is 11.0 Å². The average molecular weight is 305 g/mol. The summed E-state index contributed by atoms with van der Waals surface area (Å²) >= 11 is 0. The minimum Gasteiger partial charge on any atom is -0.392 e. The molecule has 21 heavy (non-hydrogen) atoms. The van der Waals surface area contributed by atoms with Gasteiger partial charge in [-0.2, -0.15) is 4.31 Å². The summed E-state index contributed by atoms with van der Waals surface area (Å²) in [4.78, 5) is 0.227. The fourth-order valence-corrected chi connectivity index (χ4v) is 3.35. The average Bonchev–Trinajstić information content (AvgIpc) is 2.47. The van der Waals surface area contributed by atoms with Crippen molar-refractivity contribution in [3.8, 4) is 11.1 Å². The maximum absolute atomic E-state index is 12.3. The van der Waals surface area contributed by atoms with Crippen molar-refractivity contribution in [2.24, 2.45) is 0 Å². The Kier molecular flexibility index (Phi) is 4.77. The fourth-order valence-electron chi connectivity index (χ4n) is 2.10. The molecule has 2 aromatic rings. The molecule has 0 saturated carbocycles. The van der Waals surface area contributed by atoms with Gasteiger partial charge in [-0.3, -0.25) is 0 Å². The fraction of sp³-hybridized carbons (Fsp3) is 0.250. The second kappa shape index (κ2) is 6.39. The third-order valence-corrected chi connectivity index (χ3v) is 5.03. The summed E-state index contributed by atoms with van der Waals surface area (Å²) in [6, 6.07) is 16.5. The zero-order chi connectivity index (χ0) is 15.5. The van der Waals surface area contributed by atoms with Crippen molar-refractivity contribution in [1.29, 1.82) is 0 Å². The van der Waals surface area contributed by atoms with Crippen molar-refractivity contribution in [3.05, 3.63) is 54.6 Å². The lowest BCUT2D eigenvalue weighted by atomic mass is 10.1. The maximum Gasteiger partial charge on any atom is 0.242 e. The topological polar surface area (TPSA) is 57.6 Å². The Morgan fingerprint density at radius 3 is 2.05 bits per heavy atom. The zero-order valence-corrected chi connectivity index (χ0v) is 12.9. The van der Waals surface area contributed by atoms with E-state index in [9.17, 15) is 13.5 Å². The third kappa shape index (κ3) is 3.69. The SMILES string of the molecule is CC(O)CN(C)S(=O)(=O)c1ccc(-c2ccccc2)cc1. The number of sulfonamides is 1. The standard InChI is InChI=1S/C16H19NO3S/c1-13(18)12-17(2)21(19,20)16-10-8-15(9-11-16)14-6-4-3-5-7-14/h3-11,13,18H,12H2,1-2H3. The molecule has 0 aliphatic carbocycles. The van der Waals surface area contributed by atoms with E-state index in [-0.39, 0.29) is 11.4 Å². The molecule has 0 radical (unpaired) electrons. The lowest BCUT2D eigenvalue weighted by Crippen LogP contribution is -2.33. The van der Waals surface area contributed by atoms with Crippen molar-refractivity contribution in [1.82, 2.24) is 4.31 Å². The number of hydrogen-bond acceptors (Lipinski definition) is 3. The first-order valence-electron chi connectivity index (χ1n) is 6.71. The van der Waals surface area contributed by atoms with Crippen LogP contribution in [0.1, 0.15) is 6.92 Å². The summed E-state index contributed by atoms with van der Waals surface area (Å²) < 4.78 is 25.8. The summed E-state index contributed by atoms with van der Waals surface area (Å²) in [6.45, 7) is 1.63. The smallest absolute Gasteiger partial charge is 0.242 e. The Labute approximate surface area is 125 Å². The zero-order valence-electron chi connectivity index (χ0n) is 12.1. The highest BCUT2D eigenvalue weighted by Gasteiger charge is 2.21. The highest BCUT2D eigenvalue weighted by molar-refractivity contribution is 7.89. The molecular weight excluding hydrogens is 286 g/mol. The second-order valence-corrected chi connectivity index (χ2v) is 7.07. The summed E-state index contributed by atoms with van der Waals surface area (Å²) in [5, 5.41) is 9.32. The molecule has 1 unspecified atom stereocenters. The van der Waals surface area contributed by atoms with E-state index in [2.05, 4.69) is 0 Å². The van der Waals surface area contributed by atoms with Gasteiger partial charge in [-0.25, -0.2) is 8.42 Å². The van der Waals surface area contributed by atoms with Crippen LogP contribution in [0.15, 0.2) is 59.5 Å². The van der Waals surface area contributed by atoms with Gasteiger partial charge in [0, 0.05) is 13.6 Å². The molecule has 2 aromatic carbocycles. The number of aliphatic hydroxyl groups excluding tert-OH is 1. The molecule has 0 heterocycles. The van der Waals surface area contributed by atoms with Crippen LogP contribution in [0.5, 0.6) is 0 Å². The van der Waals surface area contributed by atoms with Gasteiger partial charge < -0.3 is 5.11 Å². The first-order valence-corrected chi connectivity index (χ1v) is 8.15. The maximum atomic E-state index is 12.3. The van der Waals surface area contributed by atoms with E-state index < -0.39 is 16.1 Å². The molecule has 0 spiro atoms. The van der Waals surface area contributed by atoms with Crippen molar-refractivity contribution in [3.63, 3.8) is 0 Å². The highest BCUT2D eigenvalue weighted by Crippen LogP contribution is 2.22. The first-order chi connectivity index (χ1) is 9.91. The molecule has 0 saturated heterocycles. The quantitative estimate of drug-likeness (QED) is 0.922. The van der Waals surface area contributed by atoms with E-state index in [4.69, 9.17) is 0 Å². The Hall–Kier alpha value is -1.69. The van der Waals surface area contributed by atoms with Crippen LogP contribution in [0.2, 0.25) is 0 Å². The number of aliphatic hydroxyl groups is 1. The van der Waals surface area contributed by atoms with Gasteiger partial charge >= 0.3 is 0 Å². The minimum atomic E-state index is -3.56. The van der Waals surface area contributed by atoms with Crippen LogP contribution in [0.25, 0.3) is 11.1 Å². The molecule has 0 aromatic heterocycles. The van der Waals surface area contributed by atoms with Gasteiger partial charge in [0.25, 0.3) is 0 Å². The molecule has 1 N–H and O–H groups in total. The number of benzene rings is 2. The molecule has 0 fully saturated rings. The number of nitrogens with zero attached hydrogens (tertiary/aromatic N) is 1. The molecule has 0 bridgehead atoms. The van der Waals surface area contributed by atoms with Gasteiger partial charge in [0.1, 0.15) is 0 Å². The summed E-state index contributed by atoms with van der Waals surface area (Å²) in [6.07, 6.45) is -0.701.